The average molecular weight is 503 g/mol. The number of nitrogens with zero attached hydrogens (tertiary/aromatic N) is 3. The quantitative estimate of drug-likeness (QED) is 0.283. The first-order valence-electron chi connectivity index (χ1n) is 9.46. The van der Waals surface area contributed by atoms with Gasteiger partial charge in [-0.3, -0.25) is 0 Å². The van der Waals surface area contributed by atoms with E-state index in [4.69, 9.17) is 39.5 Å². The second-order valence-electron chi connectivity index (χ2n) is 6.86. The van der Waals surface area contributed by atoms with Crippen LogP contribution >= 0.6 is 34.8 Å². The normalized spacial score (nSPS) is 10.7. The Kier molecular flexibility index (Phi) is 6.75. The molecule has 1 aromatic heterocycles. The summed E-state index contributed by atoms with van der Waals surface area (Å²) in [6.45, 7) is -0.143. The summed E-state index contributed by atoms with van der Waals surface area (Å²) in [7, 11) is 0. The lowest BCUT2D eigenvalue weighted by Crippen LogP contribution is -2.05. The predicted octanol–water partition coefficient (Wildman–Crippen LogP) is 7.50. The van der Waals surface area contributed by atoms with Crippen LogP contribution < -0.4 is 4.74 Å². The zero-order valence-corrected chi connectivity index (χ0v) is 18.9. The summed E-state index contributed by atoms with van der Waals surface area (Å²) < 4.78 is 32.3. The van der Waals surface area contributed by atoms with Crippen molar-refractivity contribution in [2.45, 2.75) is 6.61 Å². The maximum Gasteiger partial charge on any atom is 0.318 e. The molecule has 4 aromatic rings. The fourth-order valence-corrected chi connectivity index (χ4v) is 3.75. The van der Waals surface area contributed by atoms with E-state index in [0.29, 0.717) is 43.0 Å². The molecule has 0 atom stereocenters. The Bertz CT molecular complexity index is 1390. The Balaban J connectivity index is 1.83. The van der Waals surface area contributed by atoms with E-state index in [1.54, 1.807) is 42.5 Å². The van der Waals surface area contributed by atoms with Crippen molar-refractivity contribution in [1.29, 1.82) is 5.26 Å². The molecular weight excluding hydrogens is 491 g/mol. The van der Waals surface area contributed by atoms with Gasteiger partial charge in [0.15, 0.2) is 17.3 Å². The molecule has 0 radical (unpaired) electrons. The number of halogens is 5. The van der Waals surface area contributed by atoms with Crippen LogP contribution in [0.1, 0.15) is 11.3 Å². The lowest BCUT2D eigenvalue weighted by molar-refractivity contribution is 0.280. The third kappa shape index (κ3) is 5.07. The van der Waals surface area contributed by atoms with Crippen LogP contribution in [0, 0.1) is 23.0 Å². The molecule has 0 aliphatic carbocycles. The van der Waals surface area contributed by atoms with Crippen LogP contribution in [0.25, 0.3) is 22.4 Å². The van der Waals surface area contributed by atoms with Gasteiger partial charge in [0.1, 0.15) is 12.7 Å². The van der Waals surface area contributed by atoms with Crippen LogP contribution in [-0.4, -0.2) is 9.97 Å². The first-order valence-corrected chi connectivity index (χ1v) is 10.6. The molecule has 4 nitrogen and oxygen atoms in total. The van der Waals surface area contributed by atoms with Crippen molar-refractivity contribution >= 4 is 34.8 Å². The number of aromatic nitrogens is 2. The number of nitriles is 1. The molecule has 0 saturated heterocycles. The molecule has 0 bridgehead atoms. The molecule has 0 fully saturated rings. The lowest BCUT2D eigenvalue weighted by Gasteiger charge is -2.14. The highest BCUT2D eigenvalue weighted by Crippen LogP contribution is 2.38. The van der Waals surface area contributed by atoms with Gasteiger partial charge in [-0.1, -0.05) is 53.0 Å². The summed E-state index contributed by atoms with van der Waals surface area (Å²) >= 11 is 18.5. The summed E-state index contributed by atoms with van der Waals surface area (Å²) in [5.41, 5.74) is 2.31. The van der Waals surface area contributed by atoms with E-state index in [-0.39, 0.29) is 18.3 Å². The molecular formula is C24H12Cl3F2N3O. The molecule has 0 aliphatic heterocycles. The standard InChI is InChI=1S/C24H12Cl3F2N3O/c25-15-4-2-14(3-5-15)22-21(11-30)31-24(33-12-13-1-8-19(28)20(29)9-13)32-23(22)17-7-6-16(26)10-18(17)27/h1-10H,12H2. The molecule has 9 heteroatoms. The Hall–Kier alpha value is -3.24. The third-order valence-electron chi connectivity index (χ3n) is 4.67. The Morgan fingerprint density at radius 1 is 0.848 bits per heavy atom. The van der Waals surface area contributed by atoms with Gasteiger partial charge in [0.25, 0.3) is 0 Å². The van der Waals surface area contributed by atoms with E-state index in [2.05, 4.69) is 16.0 Å². The summed E-state index contributed by atoms with van der Waals surface area (Å²) in [5, 5.41) is 11.1. The molecule has 33 heavy (non-hydrogen) atoms. The average Bonchev–Trinajstić information content (AvgIpc) is 2.80. The molecule has 0 unspecified atom stereocenters. The Morgan fingerprint density at radius 3 is 2.24 bits per heavy atom. The third-order valence-corrected chi connectivity index (χ3v) is 5.47. The van der Waals surface area contributed by atoms with Crippen molar-refractivity contribution in [3.63, 3.8) is 0 Å². The van der Waals surface area contributed by atoms with Gasteiger partial charge < -0.3 is 4.74 Å². The highest BCUT2D eigenvalue weighted by Gasteiger charge is 2.21. The first-order chi connectivity index (χ1) is 15.9. The van der Waals surface area contributed by atoms with Crippen molar-refractivity contribution in [2.75, 3.05) is 0 Å². The van der Waals surface area contributed by atoms with Gasteiger partial charge in [-0.05, 0) is 53.6 Å². The summed E-state index contributed by atoms with van der Waals surface area (Å²) in [6.07, 6.45) is 0. The number of hydrogen-bond donors (Lipinski definition) is 0. The molecule has 0 spiro atoms. The van der Waals surface area contributed by atoms with Crippen molar-refractivity contribution in [3.05, 3.63) is 98.6 Å². The molecule has 4 rings (SSSR count). The minimum absolute atomic E-state index is 0.0358. The van der Waals surface area contributed by atoms with Gasteiger partial charge in [-0.15, -0.1) is 0 Å². The van der Waals surface area contributed by atoms with Crippen LogP contribution in [0.4, 0.5) is 8.78 Å². The highest BCUT2D eigenvalue weighted by molar-refractivity contribution is 6.36. The molecule has 0 saturated carbocycles. The van der Waals surface area contributed by atoms with E-state index in [9.17, 15) is 14.0 Å². The summed E-state index contributed by atoms with van der Waals surface area (Å²) in [6, 6.07) is 17.0. The molecule has 0 amide bonds. The zero-order chi connectivity index (χ0) is 23.5. The smallest absolute Gasteiger partial charge is 0.318 e. The van der Waals surface area contributed by atoms with Crippen LogP contribution in [0.3, 0.4) is 0 Å². The zero-order valence-electron chi connectivity index (χ0n) is 16.6. The van der Waals surface area contributed by atoms with E-state index in [1.807, 2.05) is 0 Å². The molecule has 0 aliphatic rings. The van der Waals surface area contributed by atoms with Gasteiger partial charge in [0.2, 0.25) is 0 Å². The Labute approximate surface area is 203 Å². The topological polar surface area (TPSA) is 58.8 Å². The maximum atomic E-state index is 13.5. The fourth-order valence-electron chi connectivity index (χ4n) is 3.13. The van der Waals surface area contributed by atoms with E-state index in [1.165, 1.54) is 6.07 Å². The number of benzene rings is 3. The maximum absolute atomic E-state index is 13.5. The van der Waals surface area contributed by atoms with Crippen molar-refractivity contribution in [2.24, 2.45) is 0 Å². The largest absolute Gasteiger partial charge is 0.459 e. The second-order valence-corrected chi connectivity index (χ2v) is 8.14. The molecule has 0 N–H and O–H groups in total. The number of hydrogen-bond acceptors (Lipinski definition) is 4. The predicted molar refractivity (Wildman–Crippen MR) is 123 cm³/mol. The summed E-state index contributed by atoms with van der Waals surface area (Å²) in [4.78, 5) is 8.70. The van der Waals surface area contributed by atoms with Gasteiger partial charge in [0.05, 0.1) is 10.7 Å². The van der Waals surface area contributed by atoms with E-state index in [0.717, 1.165) is 12.1 Å². The van der Waals surface area contributed by atoms with Gasteiger partial charge >= 0.3 is 6.01 Å². The van der Waals surface area contributed by atoms with E-state index >= 15 is 0 Å². The number of rotatable bonds is 5. The minimum Gasteiger partial charge on any atom is -0.459 e. The monoisotopic (exact) mass is 501 g/mol. The van der Waals surface area contributed by atoms with Crippen molar-refractivity contribution in [3.8, 4) is 34.5 Å². The number of ether oxygens (including phenoxy) is 1. The van der Waals surface area contributed by atoms with Crippen LogP contribution in [0.2, 0.25) is 15.1 Å². The van der Waals surface area contributed by atoms with Crippen molar-refractivity contribution in [1.82, 2.24) is 9.97 Å². The van der Waals surface area contributed by atoms with Gasteiger partial charge in [0, 0.05) is 21.2 Å². The molecule has 1 heterocycles. The first kappa shape index (κ1) is 22.9. The molecule has 164 valence electrons. The Morgan fingerprint density at radius 2 is 1.58 bits per heavy atom. The van der Waals surface area contributed by atoms with Crippen LogP contribution in [-0.2, 0) is 6.61 Å². The fraction of sp³-hybridized carbons (Fsp3) is 0.0417. The lowest BCUT2D eigenvalue weighted by atomic mass is 9.98. The minimum atomic E-state index is -0.999. The molecule has 3 aromatic carbocycles. The van der Waals surface area contributed by atoms with Crippen LogP contribution in [0.15, 0.2) is 60.7 Å². The van der Waals surface area contributed by atoms with Gasteiger partial charge in [-0.25, -0.2) is 8.78 Å². The van der Waals surface area contributed by atoms with Gasteiger partial charge in [-0.2, -0.15) is 15.2 Å². The van der Waals surface area contributed by atoms with Crippen LogP contribution in [0.5, 0.6) is 6.01 Å². The second kappa shape index (κ2) is 9.72. The SMILES string of the molecule is N#Cc1nc(OCc2ccc(F)c(F)c2)nc(-c2ccc(Cl)cc2Cl)c1-c1ccc(Cl)cc1. The van der Waals surface area contributed by atoms with E-state index < -0.39 is 11.6 Å². The summed E-state index contributed by atoms with van der Waals surface area (Å²) in [5.74, 6) is -1.96. The highest BCUT2D eigenvalue weighted by atomic mass is 35.5. The van der Waals surface area contributed by atoms with Crippen molar-refractivity contribution < 1.29 is 13.5 Å².